The first kappa shape index (κ1) is 19.4. The van der Waals surface area contributed by atoms with Gasteiger partial charge in [0.25, 0.3) is 0 Å². The van der Waals surface area contributed by atoms with Crippen molar-refractivity contribution in [1.29, 1.82) is 0 Å². The Hall–Kier alpha value is -1.90. The molecule has 1 aromatic carbocycles. The number of aromatic nitrogens is 1. The Kier molecular flexibility index (Phi) is 6.21. The number of amides is 1. The lowest BCUT2D eigenvalue weighted by atomic mass is 10.1. The third-order valence-corrected chi connectivity index (χ3v) is 5.58. The summed E-state index contributed by atoms with van der Waals surface area (Å²) in [7, 11) is -3.76. The van der Waals surface area contributed by atoms with Crippen molar-refractivity contribution in [3.8, 4) is 0 Å². The van der Waals surface area contributed by atoms with E-state index >= 15 is 0 Å². The summed E-state index contributed by atoms with van der Waals surface area (Å²) in [5.74, 6) is -0.0466. The standard InChI is InChI=1S/C16H20ClN3O4S/c1-10(13-4-6-14(17)7-5-13)19-15(21)8-9-18-25(22,23)16-11(2)20-24-12(16)3/h4-7,10,18H,8-9H2,1-3H3,(H,19,21)/t10-/m1/s1. The number of aryl methyl sites for hydroxylation is 2. The van der Waals surface area contributed by atoms with E-state index in [1.165, 1.54) is 6.92 Å². The lowest BCUT2D eigenvalue weighted by molar-refractivity contribution is -0.121. The van der Waals surface area contributed by atoms with Crippen LogP contribution in [0.15, 0.2) is 33.7 Å². The summed E-state index contributed by atoms with van der Waals surface area (Å²) in [5.41, 5.74) is 1.19. The molecule has 1 amide bonds. The van der Waals surface area contributed by atoms with E-state index < -0.39 is 10.0 Å². The molecule has 0 aliphatic carbocycles. The molecule has 0 spiro atoms. The fraction of sp³-hybridized carbons (Fsp3) is 0.375. The van der Waals surface area contributed by atoms with Gasteiger partial charge in [-0.3, -0.25) is 4.79 Å². The van der Waals surface area contributed by atoms with Gasteiger partial charge in [-0.05, 0) is 38.5 Å². The van der Waals surface area contributed by atoms with Crippen molar-refractivity contribution in [2.24, 2.45) is 0 Å². The van der Waals surface area contributed by atoms with Gasteiger partial charge in [-0.15, -0.1) is 0 Å². The molecule has 7 nitrogen and oxygen atoms in total. The van der Waals surface area contributed by atoms with Crippen LogP contribution in [0.25, 0.3) is 0 Å². The topological polar surface area (TPSA) is 101 Å². The Labute approximate surface area is 151 Å². The van der Waals surface area contributed by atoms with Gasteiger partial charge in [0, 0.05) is 18.0 Å². The fourth-order valence-corrected chi connectivity index (χ4v) is 3.86. The highest BCUT2D eigenvalue weighted by Gasteiger charge is 2.24. The van der Waals surface area contributed by atoms with Crippen molar-refractivity contribution in [3.63, 3.8) is 0 Å². The zero-order valence-electron chi connectivity index (χ0n) is 14.2. The van der Waals surface area contributed by atoms with Gasteiger partial charge < -0.3 is 9.84 Å². The van der Waals surface area contributed by atoms with E-state index in [1.54, 1.807) is 19.1 Å². The molecular formula is C16H20ClN3O4S. The van der Waals surface area contributed by atoms with Crippen LogP contribution in [0.2, 0.25) is 5.02 Å². The van der Waals surface area contributed by atoms with Gasteiger partial charge in [-0.1, -0.05) is 28.9 Å². The molecule has 0 unspecified atom stereocenters. The van der Waals surface area contributed by atoms with Crippen LogP contribution in [-0.2, 0) is 14.8 Å². The maximum atomic E-state index is 12.2. The minimum Gasteiger partial charge on any atom is -0.360 e. The Morgan fingerprint density at radius 3 is 2.48 bits per heavy atom. The number of sulfonamides is 1. The maximum absolute atomic E-state index is 12.2. The molecule has 0 aliphatic rings. The third kappa shape index (κ3) is 5.04. The number of halogens is 1. The fourth-order valence-electron chi connectivity index (χ4n) is 2.38. The third-order valence-electron chi connectivity index (χ3n) is 3.63. The summed E-state index contributed by atoms with van der Waals surface area (Å²) in [6, 6.07) is 6.94. The van der Waals surface area contributed by atoms with Gasteiger partial charge in [0.1, 0.15) is 10.6 Å². The van der Waals surface area contributed by atoms with E-state index in [0.29, 0.717) is 5.02 Å². The van der Waals surface area contributed by atoms with Crippen molar-refractivity contribution in [3.05, 3.63) is 46.3 Å². The van der Waals surface area contributed by atoms with Gasteiger partial charge in [-0.2, -0.15) is 0 Å². The summed E-state index contributed by atoms with van der Waals surface area (Å²) >= 11 is 5.83. The van der Waals surface area contributed by atoms with Crippen LogP contribution >= 0.6 is 11.6 Å². The Morgan fingerprint density at radius 1 is 1.28 bits per heavy atom. The summed E-state index contributed by atoms with van der Waals surface area (Å²) in [4.78, 5) is 12.0. The lowest BCUT2D eigenvalue weighted by Crippen LogP contribution is -2.32. The molecule has 0 radical (unpaired) electrons. The van der Waals surface area contributed by atoms with Gasteiger partial charge in [0.2, 0.25) is 15.9 Å². The highest BCUT2D eigenvalue weighted by molar-refractivity contribution is 7.89. The molecule has 25 heavy (non-hydrogen) atoms. The molecule has 0 saturated heterocycles. The number of carbonyl (C=O) groups excluding carboxylic acids is 1. The van der Waals surface area contributed by atoms with Gasteiger partial charge >= 0.3 is 0 Å². The molecule has 0 fully saturated rings. The molecule has 1 aromatic heterocycles. The van der Waals surface area contributed by atoms with Crippen molar-refractivity contribution in [2.75, 3.05) is 6.54 Å². The molecule has 0 saturated carbocycles. The van der Waals surface area contributed by atoms with Crippen LogP contribution in [-0.4, -0.2) is 26.0 Å². The molecule has 0 bridgehead atoms. The van der Waals surface area contributed by atoms with Crippen LogP contribution in [0.1, 0.15) is 36.4 Å². The first-order valence-corrected chi connectivity index (χ1v) is 9.54. The number of nitrogens with zero attached hydrogens (tertiary/aromatic N) is 1. The van der Waals surface area contributed by atoms with E-state index in [1.807, 2.05) is 19.1 Å². The minimum absolute atomic E-state index is 0.0144. The zero-order valence-corrected chi connectivity index (χ0v) is 15.7. The molecule has 136 valence electrons. The monoisotopic (exact) mass is 385 g/mol. The van der Waals surface area contributed by atoms with Crippen molar-refractivity contribution in [1.82, 2.24) is 15.2 Å². The molecule has 0 aliphatic heterocycles. The zero-order chi connectivity index (χ0) is 18.6. The molecule has 2 rings (SSSR count). The highest BCUT2D eigenvalue weighted by atomic mass is 35.5. The number of benzene rings is 1. The van der Waals surface area contributed by atoms with Crippen molar-refractivity contribution >= 4 is 27.5 Å². The predicted octanol–water partition coefficient (Wildman–Crippen LogP) is 2.49. The first-order chi connectivity index (χ1) is 11.7. The summed E-state index contributed by atoms with van der Waals surface area (Å²) in [5, 5.41) is 7.05. The van der Waals surface area contributed by atoms with E-state index in [9.17, 15) is 13.2 Å². The number of nitrogens with one attached hydrogen (secondary N) is 2. The van der Waals surface area contributed by atoms with Crippen molar-refractivity contribution in [2.45, 2.75) is 38.1 Å². The molecule has 1 atom stereocenters. The second-order valence-electron chi connectivity index (χ2n) is 5.64. The predicted molar refractivity (Wildman–Crippen MR) is 93.8 cm³/mol. The molecule has 1 heterocycles. The average Bonchev–Trinajstić information content (AvgIpc) is 2.87. The van der Waals surface area contributed by atoms with E-state index in [-0.39, 0.29) is 41.3 Å². The van der Waals surface area contributed by atoms with Gasteiger partial charge in [0.05, 0.1) is 6.04 Å². The van der Waals surface area contributed by atoms with Gasteiger partial charge in [-0.25, -0.2) is 13.1 Å². The Morgan fingerprint density at radius 2 is 1.92 bits per heavy atom. The smallest absolute Gasteiger partial charge is 0.245 e. The average molecular weight is 386 g/mol. The van der Waals surface area contributed by atoms with E-state index in [2.05, 4.69) is 15.2 Å². The SMILES string of the molecule is Cc1noc(C)c1S(=O)(=O)NCCC(=O)N[C@H](C)c1ccc(Cl)cc1. The van der Waals surface area contributed by atoms with Crippen LogP contribution in [0, 0.1) is 13.8 Å². The summed E-state index contributed by atoms with van der Waals surface area (Å²) in [6.07, 6.45) is 0.0144. The van der Waals surface area contributed by atoms with E-state index in [0.717, 1.165) is 5.56 Å². The van der Waals surface area contributed by atoms with E-state index in [4.69, 9.17) is 16.1 Å². The molecule has 2 aromatic rings. The largest absolute Gasteiger partial charge is 0.360 e. The number of hydrogen-bond donors (Lipinski definition) is 2. The Balaban J connectivity index is 1.87. The van der Waals surface area contributed by atoms with Crippen molar-refractivity contribution < 1.29 is 17.7 Å². The number of carbonyl (C=O) groups is 1. The van der Waals surface area contributed by atoms with Gasteiger partial charge in [0.15, 0.2) is 5.76 Å². The minimum atomic E-state index is -3.76. The molecular weight excluding hydrogens is 366 g/mol. The first-order valence-electron chi connectivity index (χ1n) is 7.68. The summed E-state index contributed by atoms with van der Waals surface area (Å²) < 4.78 is 31.7. The maximum Gasteiger partial charge on any atom is 0.245 e. The number of rotatable bonds is 7. The molecule has 2 N–H and O–H groups in total. The van der Waals surface area contributed by atoms with Crippen LogP contribution < -0.4 is 10.0 Å². The summed E-state index contributed by atoms with van der Waals surface area (Å²) in [6.45, 7) is 4.89. The van der Waals surface area contributed by atoms with Crippen LogP contribution in [0.5, 0.6) is 0 Å². The second kappa shape index (κ2) is 7.99. The Bertz CT molecular complexity index is 827. The number of hydrogen-bond acceptors (Lipinski definition) is 5. The lowest BCUT2D eigenvalue weighted by Gasteiger charge is -2.14. The van der Waals surface area contributed by atoms with Crippen LogP contribution in [0.4, 0.5) is 0 Å². The van der Waals surface area contributed by atoms with Crippen LogP contribution in [0.3, 0.4) is 0 Å². The normalized spacial score (nSPS) is 12.8. The second-order valence-corrected chi connectivity index (χ2v) is 7.78. The molecule has 9 heteroatoms. The quantitative estimate of drug-likeness (QED) is 0.762. The highest BCUT2D eigenvalue weighted by Crippen LogP contribution is 2.18.